The summed E-state index contributed by atoms with van der Waals surface area (Å²) in [6.45, 7) is 4.25. The predicted molar refractivity (Wildman–Crippen MR) is 88.7 cm³/mol. The van der Waals surface area contributed by atoms with Crippen LogP contribution < -0.4 is 10.6 Å². The Morgan fingerprint density at radius 2 is 2.00 bits per heavy atom. The minimum atomic E-state index is -0.966. The Labute approximate surface area is 138 Å². The van der Waals surface area contributed by atoms with Crippen molar-refractivity contribution in [3.63, 3.8) is 0 Å². The normalized spacial score (nSPS) is 11.7. The summed E-state index contributed by atoms with van der Waals surface area (Å²) in [4.78, 5) is 27.2. The van der Waals surface area contributed by atoms with Gasteiger partial charge in [0, 0.05) is 17.6 Å². The van der Waals surface area contributed by atoms with Gasteiger partial charge in [-0.15, -0.1) is 11.3 Å². The van der Waals surface area contributed by atoms with Crippen LogP contribution in [0.25, 0.3) is 0 Å². The first-order chi connectivity index (χ1) is 11.0. The molecular weight excluding hydrogens is 314 g/mol. The van der Waals surface area contributed by atoms with E-state index in [1.807, 2.05) is 19.2 Å². The number of aromatic carboxylic acids is 1. The average Bonchev–Trinajstić information content (AvgIpc) is 2.97. The highest BCUT2D eigenvalue weighted by Crippen LogP contribution is 2.20. The zero-order valence-corrected chi connectivity index (χ0v) is 13.8. The molecular formula is C16H19N3O3S. The highest BCUT2D eigenvalue weighted by atomic mass is 32.1. The molecule has 3 N–H and O–H groups in total. The van der Waals surface area contributed by atoms with Gasteiger partial charge in [0.05, 0.1) is 11.6 Å². The molecule has 1 aromatic heterocycles. The molecule has 122 valence electrons. The van der Waals surface area contributed by atoms with Crippen LogP contribution in [0.15, 0.2) is 29.6 Å². The molecule has 0 aliphatic rings. The Morgan fingerprint density at radius 1 is 1.30 bits per heavy atom. The van der Waals surface area contributed by atoms with E-state index in [0.29, 0.717) is 6.54 Å². The lowest BCUT2D eigenvalue weighted by Crippen LogP contribution is -2.37. The molecule has 1 heterocycles. The number of carbonyl (C=O) groups is 2. The number of nitrogens with one attached hydrogen (secondary N) is 2. The number of benzene rings is 1. The number of aromatic nitrogens is 1. The van der Waals surface area contributed by atoms with Gasteiger partial charge in [0.15, 0.2) is 0 Å². The Kier molecular flexibility index (Phi) is 5.70. The third-order valence-electron chi connectivity index (χ3n) is 3.30. The lowest BCUT2D eigenvalue weighted by Gasteiger charge is -2.15. The summed E-state index contributed by atoms with van der Waals surface area (Å²) in [5, 5.41) is 17.4. The molecule has 2 aromatic rings. The van der Waals surface area contributed by atoms with Crippen LogP contribution in [0.5, 0.6) is 0 Å². The number of rotatable bonds is 6. The maximum Gasteiger partial charge on any atom is 0.335 e. The third kappa shape index (κ3) is 4.79. The maximum absolute atomic E-state index is 12.0. The number of aryl methyl sites for hydroxylation is 1. The highest BCUT2D eigenvalue weighted by molar-refractivity contribution is 7.09. The molecule has 0 fully saturated rings. The number of hydrogen-bond donors (Lipinski definition) is 3. The number of hydrogen-bond acceptors (Lipinski definition) is 4. The van der Waals surface area contributed by atoms with Gasteiger partial charge >= 0.3 is 12.0 Å². The quantitative estimate of drug-likeness (QED) is 0.757. The third-order valence-corrected chi connectivity index (χ3v) is 4.38. The van der Waals surface area contributed by atoms with E-state index in [2.05, 4.69) is 15.6 Å². The molecule has 1 atom stereocenters. The number of carboxylic acids is 1. The first kappa shape index (κ1) is 17.0. The van der Waals surface area contributed by atoms with E-state index in [0.717, 1.165) is 22.7 Å². The molecule has 0 saturated heterocycles. The van der Waals surface area contributed by atoms with Crippen molar-refractivity contribution in [1.82, 2.24) is 15.6 Å². The van der Waals surface area contributed by atoms with Crippen LogP contribution in [0.4, 0.5) is 4.79 Å². The van der Waals surface area contributed by atoms with Gasteiger partial charge in [-0.2, -0.15) is 0 Å². The first-order valence-electron chi connectivity index (χ1n) is 7.28. The van der Waals surface area contributed by atoms with Crippen LogP contribution in [0.2, 0.25) is 0 Å². The molecule has 7 heteroatoms. The zero-order chi connectivity index (χ0) is 16.8. The fourth-order valence-corrected chi connectivity index (χ4v) is 2.96. The van der Waals surface area contributed by atoms with Gasteiger partial charge in [-0.3, -0.25) is 0 Å². The Morgan fingerprint density at radius 3 is 2.52 bits per heavy atom. The van der Waals surface area contributed by atoms with Crippen LogP contribution in [0.1, 0.15) is 46.0 Å². The van der Waals surface area contributed by atoms with Crippen LogP contribution >= 0.6 is 11.3 Å². The fraction of sp³-hybridized carbons (Fsp3) is 0.312. The van der Waals surface area contributed by atoms with E-state index >= 15 is 0 Å². The standard InChI is InChI=1S/C16H19N3O3S/c1-3-13(14-18-10(2)9-23-14)19-16(22)17-8-11-4-6-12(7-5-11)15(20)21/h4-7,9,13H,3,8H2,1-2H3,(H,20,21)(H2,17,19,22). The van der Waals surface area contributed by atoms with Crippen molar-refractivity contribution in [3.05, 3.63) is 51.5 Å². The molecule has 0 saturated carbocycles. The largest absolute Gasteiger partial charge is 0.478 e. The number of amides is 2. The molecule has 0 radical (unpaired) electrons. The Bertz CT molecular complexity index is 682. The van der Waals surface area contributed by atoms with Gasteiger partial charge in [-0.1, -0.05) is 19.1 Å². The summed E-state index contributed by atoms with van der Waals surface area (Å²) in [6, 6.07) is 6.03. The minimum Gasteiger partial charge on any atom is -0.478 e. The number of thiazole rings is 1. The Hall–Kier alpha value is -2.41. The van der Waals surface area contributed by atoms with Crippen molar-refractivity contribution in [3.8, 4) is 0 Å². The maximum atomic E-state index is 12.0. The van der Waals surface area contributed by atoms with Crippen molar-refractivity contribution in [2.75, 3.05) is 0 Å². The second-order valence-electron chi connectivity index (χ2n) is 5.12. The van der Waals surface area contributed by atoms with Gasteiger partial charge in [0.1, 0.15) is 5.01 Å². The van der Waals surface area contributed by atoms with E-state index in [-0.39, 0.29) is 17.6 Å². The Balaban J connectivity index is 1.87. The van der Waals surface area contributed by atoms with Gasteiger partial charge in [-0.25, -0.2) is 14.6 Å². The lowest BCUT2D eigenvalue weighted by molar-refractivity contribution is 0.0697. The van der Waals surface area contributed by atoms with Crippen molar-refractivity contribution in [2.24, 2.45) is 0 Å². The van der Waals surface area contributed by atoms with Crippen molar-refractivity contribution in [2.45, 2.75) is 32.9 Å². The highest BCUT2D eigenvalue weighted by Gasteiger charge is 2.15. The fourth-order valence-electron chi connectivity index (χ4n) is 2.03. The summed E-state index contributed by atoms with van der Waals surface area (Å²) in [5.41, 5.74) is 2.01. The molecule has 2 amide bonds. The van der Waals surface area contributed by atoms with Crippen molar-refractivity contribution in [1.29, 1.82) is 0 Å². The van der Waals surface area contributed by atoms with Gasteiger partial charge < -0.3 is 15.7 Å². The zero-order valence-electron chi connectivity index (χ0n) is 13.0. The summed E-state index contributed by atoms with van der Waals surface area (Å²) in [5.74, 6) is -0.966. The molecule has 6 nitrogen and oxygen atoms in total. The summed E-state index contributed by atoms with van der Waals surface area (Å²) in [7, 11) is 0. The molecule has 0 aliphatic heterocycles. The number of carbonyl (C=O) groups excluding carboxylic acids is 1. The van der Waals surface area contributed by atoms with Crippen LogP contribution in [0, 0.1) is 6.92 Å². The number of nitrogens with zero attached hydrogens (tertiary/aromatic N) is 1. The molecule has 1 unspecified atom stereocenters. The molecule has 0 aliphatic carbocycles. The summed E-state index contributed by atoms with van der Waals surface area (Å²) < 4.78 is 0. The molecule has 23 heavy (non-hydrogen) atoms. The monoisotopic (exact) mass is 333 g/mol. The van der Waals surface area contributed by atoms with Crippen LogP contribution in [0.3, 0.4) is 0 Å². The first-order valence-corrected chi connectivity index (χ1v) is 8.16. The minimum absolute atomic E-state index is 0.108. The lowest BCUT2D eigenvalue weighted by atomic mass is 10.1. The van der Waals surface area contributed by atoms with Gasteiger partial charge in [-0.05, 0) is 31.0 Å². The van der Waals surface area contributed by atoms with Crippen molar-refractivity contribution >= 4 is 23.3 Å². The van der Waals surface area contributed by atoms with Crippen LogP contribution in [-0.4, -0.2) is 22.1 Å². The smallest absolute Gasteiger partial charge is 0.335 e. The van der Waals surface area contributed by atoms with Gasteiger partial charge in [0.25, 0.3) is 0 Å². The van der Waals surface area contributed by atoms with E-state index in [4.69, 9.17) is 5.11 Å². The molecule has 0 spiro atoms. The summed E-state index contributed by atoms with van der Waals surface area (Å²) >= 11 is 1.53. The molecule has 1 aromatic carbocycles. The van der Waals surface area contributed by atoms with Gasteiger partial charge in [0.2, 0.25) is 0 Å². The van der Waals surface area contributed by atoms with E-state index in [1.165, 1.54) is 23.5 Å². The molecule has 2 rings (SSSR count). The van der Waals surface area contributed by atoms with E-state index in [1.54, 1.807) is 12.1 Å². The second-order valence-corrected chi connectivity index (χ2v) is 6.01. The SMILES string of the molecule is CCC(NC(=O)NCc1ccc(C(=O)O)cc1)c1nc(C)cs1. The summed E-state index contributed by atoms with van der Waals surface area (Å²) in [6.07, 6.45) is 0.758. The van der Waals surface area contributed by atoms with Crippen LogP contribution in [-0.2, 0) is 6.54 Å². The average molecular weight is 333 g/mol. The number of urea groups is 1. The van der Waals surface area contributed by atoms with E-state index in [9.17, 15) is 9.59 Å². The number of carboxylic acid groups (broad SMARTS) is 1. The van der Waals surface area contributed by atoms with E-state index < -0.39 is 5.97 Å². The topological polar surface area (TPSA) is 91.3 Å². The molecule has 0 bridgehead atoms. The predicted octanol–water partition coefficient (Wildman–Crippen LogP) is 3.10. The second kappa shape index (κ2) is 7.73. The van der Waals surface area contributed by atoms with Crippen molar-refractivity contribution < 1.29 is 14.7 Å².